The zero-order chi connectivity index (χ0) is 16.7. The third-order valence-corrected chi connectivity index (χ3v) is 4.26. The predicted molar refractivity (Wildman–Crippen MR) is 93.9 cm³/mol. The van der Waals surface area contributed by atoms with E-state index in [-0.39, 0.29) is 0 Å². The average Bonchev–Trinajstić information content (AvgIpc) is 2.52. The highest BCUT2D eigenvalue weighted by atomic mass is 16.6. The van der Waals surface area contributed by atoms with Crippen molar-refractivity contribution in [2.24, 2.45) is 10.9 Å². The van der Waals surface area contributed by atoms with Crippen molar-refractivity contribution in [2.75, 3.05) is 26.3 Å². The Balaban J connectivity index is 1.68. The highest BCUT2D eigenvalue weighted by molar-refractivity contribution is 5.81. The van der Waals surface area contributed by atoms with Gasteiger partial charge in [0.2, 0.25) is 0 Å². The number of piperidine rings is 1. The van der Waals surface area contributed by atoms with E-state index in [9.17, 15) is 0 Å². The van der Waals surface area contributed by atoms with Crippen molar-refractivity contribution in [2.45, 2.75) is 46.1 Å². The van der Waals surface area contributed by atoms with Crippen molar-refractivity contribution < 1.29 is 9.57 Å². The molecule has 0 aromatic heterocycles. The number of nitrogens with zero attached hydrogens (tertiary/aromatic N) is 2. The number of benzene rings is 1. The second-order valence-corrected chi connectivity index (χ2v) is 6.35. The van der Waals surface area contributed by atoms with Gasteiger partial charge in [-0.15, -0.1) is 0 Å². The van der Waals surface area contributed by atoms with E-state index in [1.54, 1.807) is 0 Å². The van der Waals surface area contributed by atoms with Crippen LogP contribution in [0.25, 0.3) is 0 Å². The topological polar surface area (TPSA) is 60.1 Å². The minimum atomic E-state index is 0.392. The maximum Gasteiger partial charge on any atom is 0.153 e. The fourth-order valence-electron chi connectivity index (χ4n) is 2.81. The van der Waals surface area contributed by atoms with Gasteiger partial charge in [-0.25, -0.2) is 0 Å². The molecule has 0 aliphatic carbocycles. The van der Waals surface area contributed by atoms with Crippen LogP contribution in [0.3, 0.4) is 0 Å². The zero-order valence-corrected chi connectivity index (χ0v) is 14.5. The van der Waals surface area contributed by atoms with Crippen LogP contribution in [0.5, 0.6) is 5.75 Å². The molecule has 0 amide bonds. The molecule has 1 aliphatic rings. The quantitative estimate of drug-likeness (QED) is 0.363. The smallest absolute Gasteiger partial charge is 0.153 e. The average molecular weight is 319 g/mol. The Morgan fingerprint density at radius 1 is 1.30 bits per heavy atom. The van der Waals surface area contributed by atoms with E-state index in [0.717, 1.165) is 17.9 Å². The van der Waals surface area contributed by atoms with Crippen molar-refractivity contribution in [1.82, 2.24) is 4.90 Å². The van der Waals surface area contributed by atoms with Crippen LogP contribution in [-0.4, -0.2) is 43.1 Å². The molecule has 1 aromatic rings. The van der Waals surface area contributed by atoms with Gasteiger partial charge in [-0.3, -0.25) is 4.90 Å². The lowest BCUT2D eigenvalue weighted by atomic mass is 10.0. The number of hydrogen-bond acceptors (Lipinski definition) is 4. The molecule has 1 atom stereocenters. The minimum absolute atomic E-state index is 0.392. The third kappa shape index (κ3) is 5.75. The summed E-state index contributed by atoms with van der Waals surface area (Å²) in [7, 11) is 0. The highest BCUT2D eigenvalue weighted by Gasteiger charge is 2.18. The van der Waals surface area contributed by atoms with Crippen LogP contribution in [-0.2, 0) is 4.84 Å². The van der Waals surface area contributed by atoms with Gasteiger partial charge in [-0.05, 0) is 57.4 Å². The van der Waals surface area contributed by atoms with Crippen LogP contribution in [0.15, 0.2) is 23.4 Å². The molecule has 1 aromatic carbocycles. The number of aryl methyl sites for hydroxylation is 2. The van der Waals surface area contributed by atoms with Crippen LogP contribution >= 0.6 is 0 Å². The second-order valence-electron chi connectivity index (χ2n) is 6.35. The Bertz CT molecular complexity index is 531. The van der Waals surface area contributed by atoms with Crippen LogP contribution in [0, 0.1) is 13.8 Å². The standard InChI is InChI=1S/C18H29N3O2/c1-14-7-8-15(2)17(12-14)22-10-11-23-20-18(19)13-21-9-5-4-6-16(21)3/h7-8,12,16H,4-6,9-11,13H2,1-3H3,(H2,19,20). The normalized spacial score (nSPS) is 19.6. The lowest BCUT2D eigenvalue weighted by Crippen LogP contribution is -2.42. The predicted octanol–water partition coefficient (Wildman–Crippen LogP) is 2.85. The molecule has 0 bridgehead atoms. The molecule has 2 N–H and O–H groups in total. The van der Waals surface area contributed by atoms with Gasteiger partial charge in [-0.2, -0.15) is 0 Å². The monoisotopic (exact) mass is 319 g/mol. The van der Waals surface area contributed by atoms with Gasteiger partial charge in [0.15, 0.2) is 12.4 Å². The van der Waals surface area contributed by atoms with Gasteiger partial charge < -0.3 is 15.3 Å². The first kappa shape index (κ1) is 17.6. The summed E-state index contributed by atoms with van der Waals surface area (Å²) in [5.41, 5.74) is 8.25. The number of rotatable bonds is 7. The summed E-state index contributed by atoms with van der Waals surface area (Å²) >= 11 is 0. The first-order chi connectivity index (χ1) is 11.1. The lowest BCUT2D eigenvalue weighted by Gasteiger charge is -2.32. The van der Waals surface area contributed by atoms with E-state index in [1.165, 1.54) is 24.8 Å². The molecule has 1 saturated heterocycles. The van der Waals surface area contributed by atoms with Gasteiger partial charge in [-0.1, -0.05) is 23.7 Å². The van der Waals surface area contributed by atoms with Crippen LogP contribution < -0.4 is 10.5 Å². The molecule has 0 saturated carbocycles. The molecule has 1 aliphatic heterocycles. The van der Waals surface area contributed by atoms with Gasteiger partial charge in [0.05, 0.1) is 6.54 Å². The molecule has 1 heterocycles. The SMILES string of the molecule is Cc1ccc(C)c(OCCON=C(N)CN2CCCCC2C)c1. The second kappa shape index (κ2) is 8.77. The van der Waals surface area contributed by atoms with E-state index in [4.69, 9.17) is 15.3 Å². The molecule has 23 heavy (non-hydrogen) atoms. The summed E-state index contributed by atoms with van der Waals surface area (Å²) in [6, 6.07) is 6.74. The van der Waals surface area contributed by atoms with Crippen LogP contribution in [0.2, 0.25) is 0 Å². The molecule has 1 fully saturated rings. The van der Waals surface area contributed by atoms with E-state index in [1.807, 2.05) is 13.0 Å². The maximum atomic E-state index is 5.95. The van der Waals surface area contributed by atoms with Crippen molar-refractivity contribution in [3.05, 3.63) is 29.3 Å². The molecule has 0 radical (unpaired) electrons. The summed E-state index contributed by atoms with van der Waals surface area (Å²) < 4.78 is 5.72. The van der Waals surface area contributed by atoms with Gasteiger partial charge in [0.1, 0.15) is 12.4 Å². The van der Waals surface area contributed by atoms with E-state index >= 15 is 0 Å². The highest BCUT2D eigenvalue weighted by Crippen LogP contribution is 2.19. The summed E-state index contributed by atoms with van der Waals surface area (Å²) in [6.45, 7) is 8.95. The van der Waals surface area contributed by atoms with Gasteiger partial charge in [0, 0.05) is 6.04 Å². The van der Waals surface area contributed by atoms with E-state index < -0.39 is 0 Å². The molecule has 128 valence electrons. The fraction of sp³-hybridized carbons (Fsp3) is 0.611. The summed E-state index contributed by atoms with van der Waals surface area (Å²) in [5, 5.41) is 4.00. The van der Waals surface area contributed by atoms with Crippen LogP contribution in [0.1, 0.15) is 37.3 Å². The summed E-state index contributed by atoms with van der Waals surface area (Å²) in [5.74, 6) is 1.43. The largest absolute Gasteiger partial charge is 0.490 e. The number of ether oxygens (including phenoxy) is 1. The molecular weight excluding hydrogens is 290 g/mol. The van der Waals surface area contributed by atoms with Crippen LogP contribution in [0.4, 0.5) is 0 Å². The Hall–Kier alpha value is -1.75. The van der Waals surface area contributed by atoms with Gasteiger partial charge in [0.25, 0.3) is 0 Å². The van der Waals surface area contributed by atoms with Crippen molar-refractivity contribution in [3.63, 3.8) is 0 Å². The number of hydrogen-bond donors (Lipinski definition) is 1. The molecule has 5 heteroatoms. The van der Waals surface area contributed by atoms with Gasteiger partial charge >= 0.3 is 0 Å². The molecular formula is C18H29N3O2. The molecule has 2 rings (SSSR count). The zero-order valence-electron chi connectivity index (χ0n) is 14.5. The maximum absolute atomic E-state index is 5.95. The Morgan fingerprint density at radius 2 is 2.13 bits per heavy atom. The third-order valence-electron chi connectivity index (χ3n) is 4.26. The first-order valence-electron chi connectivity index (χ1n) is 8.44. The molecule has 0 spiro atoms. The summed E-state index contributed by atoms with van der Waals surface area (Å²) in [4.78, 5) is 7.63. The van der Waals surface area contributed by atoms with Crippen molar-refractivity contribution >= 4 is 5.84 Å². The number of amidine groups is 1. The summed E-state index contributed by atoms with van der Waals surface area (Å²) in [6.07, 6.45) is 3.78. The molecule has 5 nitrogen and oxygen atoms in total. The van der Waals surface area contributed by atoms with E-state index in [2.05, 4.69) is 36.0 Å². The lowest BCUT2D eigenvalue weighted by molar-refractivity contribution is 0.104. The number of nitrogens with two attached hydrogens (primary N) is 1. The fourth-order valence-corrected chi connectivity index (χ4v) is 2.81. The Morgan fingerprint density at radius 3 is 2.91 bits per heavy atom. The van der Waals surface area contributed by atoms with Crippen molar-refractivity contribution in [3.8, 4) is 5.75 Å². The Kier molecular flexibility index (Phi) is 6.71. The van der Waals surface area contributed by atoms with Crippen molar-refractivity contribution in [1.29, 1.82) is 0 Å². The Labute approximate surface area is 139 Å². The number of oxime groups is 1. The minimum Gasteiger partial charge on any atom is -0.490 e. The number of likely N-dealkylation sites (tertiary alicyclic amines) is 1. The first-order valence-corrected chi connectivity index (χ1v) is 8.44. The molecule has 1 unspecified atom stereocenters. The van der Waals surface area contributed by atoms with E-state index in [0.29, 0.717) is 31.6 Å².